The zero-order valence-electron chi connectivity index (χ0n) is 9.26. The maximum Gasteiger partial charge on any atom is 0.225 e. The number of hydrogen-bond donors (Lipinski definition) is 0. The molecular formula is C10H15N3O2S. The summed E-state index contributed by atoms with van der Waals surface area (Å²) in [4.78, 5) is 10.4. The van der Waals surface area contributed by atoms with Crippen molar-refractivity contribution in [2.24, 2.45) is 0 Å². The van der Waals surface area contributed by atoms with Crippen molar-refractivity contribution in [2.45, 2.75) is 13.3 Å². The summed E-state index contributed by atoms with van der Waals surface area (Å²) in [6, 6.07) is 1.83. The Kier molecular flexibility index (Phi) is 3.09. The van der Waals surface area contributed by atoms with Crippen LogP contribution in [0.4, 0.5) is 5.95 Å². The van der Waals surface area contributed by atoms with E-state index in [9.17, 15) is 8.42 Å². The van der Waals surface area contributed by atoms with Crippen molar-refractivity contribution in [2.75, 3.05) is 29.5 Å². The maximum absolute atomic E-state index is 11.4. The van der Waals surface area contributed by atoms with Gasteiger partial charge in [-0.2, -0.15) is 0 Å². The minimum atomic E-state index is -2.87. The van der Waals surface area contributed by atoms with E-state index in [1.807, 2.05) is 17.9 Å². The van der Waals surface area contributed by atoms with Gasteiger partial charge in [-0.05, 0) is 19.4 Å². The second kappa shape index (κ2) is 4.37. The van der Waals surface area contributed by atoms with Crippen molar-refractivity contribution in [1.82, 2.24) is 9.97 Å². The van der Waals surface area contributed by atoms with Crippen LogP contribution in [0.15, 0.2) is 12.3 Å². The Balaban J connectivity index is 2.17. The molecule has 0 atom stereocenters. The third-order valence-electron chi connectivity index (χ3n) is 2.62. The van der Waals surface area contributed by atoms with E-state index >= 15 is 0 Å². The van der Waals surface area contributed by atoms with Crippen LogP contribution in [-0.2, 0) is 9.84 Å². The number of hydrogen-bond acceptors (Lipinski definition) is 5. The van der Waals surface area contributed by atoms with Crippen molar-refractivity contribution in [3.63, 3.8) is 0 Å². The zero-order valence-corrected chi connectivity index (χ0v) is 10.1. The molecule has 1 fully saturated rings. The first-order valence-corrected chi connectivity index (χ1v) is 7.14. The number of aromatic nitrogens is 2. The quantitative estimate of drug-likeness (QED) is 0.712. The number of rotatable bonds is 1. The minimum Gasteiger partial charge on any atom is -0.340 e. The van der Waals surface area contributed by atoms with Crippen LogP contribution in [0.3, 0.4) is 0 Å². The highest BCUT2D eigenvalue weighted by Gasteiger charge is 2.20. The van der Waals surface area contributed by atoms with Crippen LogP contribution in [0.1, 0.15) is 12.1 Å². The number of anilines is 1. The maximum atomic E-state index is 11.4. The Hall–Kier alpha value is -1.17. The van der Waals surface area contributed by atoms with Gasteiger partial charge in [0.05, 0.1) is 11.5 Å². The number of nitrogens with zero attached hydrogens (tertiary/aromatic N) is 3. The molecule has 1 aliphatic rings. The Morgan fingerprint density at radius 2 is 2.12 bits per heavy atom. The summed E-state index contributed by atoms with van der Waals surface area (Å²) in [5.41, 5.74) is 0.900. The summed E-state index contributed by atoms with van der Waals surface area (Å²) < 4.78 is 22.9. The van der Waals surface area contributed by atoms with Gasteiger partial charge in [0.2, 0.25) is 5.95 Å². The van der Waals surface area contributed by atoms with Crippen LogP contribution in [0.25, 0.3) is 0 Å². The molecule has 0 spiro atoms. The normalized spacial score (nSPS) is 20.4. The standard InChI is InChI=1S/C10H15N3O2S/c1-9-3-4-11-10(12-9)13-5-2-7-16(14,15)8-6-13/h3-4H,2,5-8H2,1H3. The summed E-state index contributed by atoms with van der Waals surface area (Å²) >= 11 is 0. The molecule has 1 saturated heterocycles. The summed E-state index contributed by atoms with van der Waals surface area (Å²) in [5.74, 6) is 1.11. The van der Waals surface area contributed by atoms with E-state index in [1.54, 1.807) is 6.20 Å². The molecular weight excluding hydrogens is 226 g/mol. The molecule has 88 valence electrons. The Morgan fingerprint density at radius 3 is 2.88 bits per heavy atom. The molecule has 0 aliphatic carbocycles. The molecule has 6 heteroatoms. The van der Waals surface area contributed by atoms with E-state index in [2.05, 4.69) is 9.97 Å². The highest BCUT2D eigenvalue weighted by Crippen LogP contribution is 2.12. The largest absolute Gasteiger partial charge is 0.340 e. The molecule has 0 saturated carbocycles. The fourth-order valence-electron chi connectivity index (χ4n) is 1.73. The monoisotopic (exact) mass is 241 g/mol. The third-order valence-corrected chi connectivity index (χ3v) is 4.34. The Labute approximate surface area is 95.4 Å². The molecule has 5 nitrogen and oxygen atoms in total. The first-order chi connectivity index (χ1) is 7.57. The fraction of sp³-hybridized carbons (Fsp3) is 0.600. The van der Waals surface area contributed by atoms with Crippen LogP contribution >= 0.6 is 0 Å². The third kappa shape index (κ3) is 2.69. The van der Waals surface area contributed by atoms with Crippen molar-refractivity contribution in [3.05, 3.63) is 18.0 Å². The highest BCUT2D eigenvalue weighted by atomic mass is 32.2. The minimum absolute atomic E-state index is 0.199. The van der Waals surface area contributed by atoms with Gasteiger partial charge in [0, 0.05) is 25.0 Å². The molecule has 1 aromatic rings. The zero-order chi connectivity index (χ0) is 11.6. The van der Waals surface area contributed by atoms with Crippen LogP contribution in [0, 0.1) is 6.92 Å². The number of sulfone groups is 1. The first kappa shape index (κ1) is 11.3. The predicted octanol–water partition coefficient (Wildman–Crippen LogP) is 0.410. The smallest absolute Gasteiger partial charge is 0.225 e. The van der Waals surface area contributed by atoms with Crippen LogP contribution in [0.2, 0.25) is 0 Å². The lowest BCUT2D eigenvalue weighted by Crippen LogP contribution is -2.28. The molecule has 0 N–H and O–H groups in total. The van der Waals surface area contributed by atoms with Gasteiger partial charge >= 0.3 is 0 Å². The SMILES string of the molecule is Cc1ccnc(N2CCCS(=O)(=O)CC2)n1. The molecule has 0 aromatic carbocycles. The lowest BCUT2D eigenvalue weighted by Gasteiger charge is -2.19. The molecule has 0 radical (unpaired) electrons. The van der Waals surface area contributed by atoms with Gasteiger partial charge in [-0.3, -0.25) is 0 Å². The summed E-state index contributed by atoms with van der Waals surface area (Å²) in [5, 5.41) is 0. The summed E-state index contributed by atoms with van der Waals surface area (Å²) in [7, 11) is -2.87. The van der Waals surface area contributed by atoms with Crippen LogP contribution in [-0.4, -0.2) is 43.0 Å². The van der Waals surface area contributed by atoms with E-state index in [0.29, 0.717) is 25.5 Å². The predicted molar refractivity (Wildman–Crippen MR) is 62.3 cm³/mol. The molecule has 0 bridgehead atoms. The average Bonchev–Trinajstić information content (AvgIpc) is 2.39. The van der Waals surface area contributed by atoms with E-state index in [0.717, 1.165) is 5.69 Å². The topological polar surface area (TPSA) is 63.2 Å². The molecule has 2 heterocycles. The van der Waals surface area contributed by atoms with Gasteiger partial charge in [0.25, 0.3) is 0 Å². The second-order valence-corrected chi connectivity index (χ2v) is 6.29. The second-order valence-electron chi connectivity index (χ2n) is 3.99. The molecule has 2 rings (SSSR count). The molecule has 1 aliphatic heterocycles. The van der Waals surface area contributed by atoms with Gasteiger partial charge < -0.3 is 4.90 Å². The van der Waals surface area contributed by atoms with Crippen molar-refractivity contribution in [1.29, 1.82) is 0 Å². The van der Waals surface area contributed by atoms with Gasteiger partial charge in [0.1, 0.15) is 0 Å². The fourth-order valence-corrected chi connectivity index (χ4v) is 3.00. The van der Waals surface area contributed by atoms with Crippen LogP contribution in [0.5, 0.6) is 0 Å². The van der Waals surface area contributed by atoms with E-state index in [-0.39, 0.29) is 11.5 Å². The Bertz CT molecular complexity index is 473. The molecule has 16 heavy (non-hydrogen) atoms. The van der Waals surface area contributed by atoms with E-state index in [4.69, 9.17) is 0 Å². The van der Waals surface area contributed by atoms with Gasteiger partial charge in [0.15, 0.2) is 9.84 Å². The lowest BCUT2D eigenvalue weighted by molar-refractivity contribution is 0.597. The Morgan fingerprint density at radius 1 is 1.31 bits per heavy atom. The van der Waals surface area contributed by atoms with Crippen LogP contribution < -0.4 is 4.90 Å². The number of aryl methyl sites for hydroxylation is 1. The van der Waals surface area contributed by atoms with Gasteiger partial charge in [-0.1, -0.05) is 0 Å². The average molecular weight is 241 g/mol. The van der Waals surface area contributed by atoms with Gasteiger partial charge in [-0.15, -0.1) is 0 Å². The molecule has 0 amide bonds. The van der Waals surface area contributed by atoms with Crippen molar-refractivity contribution >= 4 is 15.8 Å². The van der Waals surface area contributed by atoms with E-state index < -0.39 is 9.84 Å². The highest BCUT2D eigenvalue weighted by molar-refractivity contribution is 7.91. The first-order valence-electron chi connectivity index (χ1n) is 5.32. The van der Waals surface area contributed by atoms with Crippen molar-refractivity contribution < 1.29 is 8.42 Å². The summed E-state index contributed by atoms with van der Waals surface area (Å²) in [6.07, 6.45) is 2.36. The van der Waals surface area contributed by atoms with E-state index in [1.165, 1.54) is 0 Å². The summed E-state index contributed by atoms with van der Waals surface area (Å²) in [6.45, 7) is 3.11. The van der Waals surface area contributed by atoms with Gasteiger partial charge in [-0.25, -0.2) is 18.4 Å². The van der Waals surface area contributed by atoms with Crippen molar-refractivity contribution in [3.8, 4) is 0 Å². The lowest BCUT2D eigenvalue weighted by atomic mass is 10.4. The molecule has 0 unspecified atom stereocenters. The molecule has 1 aromatic heterocycles.